The summed E-state index contributed by atoms with van der Waals surface area (Å²) in [6.45, 7) is 17.0. The maximum atomic E-state index is 8.49. The van der Waals surface area contributed by atoms with Gasteiger partial charge in [-0.3, -0.25) is 0 Å². The zero-order chi connectivity index (χ0) is 75.0. The molecule has 0 aliphatic carbocycles. The van der Waals surface area contributed by atoms with Crippen LogP contribution < -0.4 is 0 Å². The highest BCUT2D eigenvalue weighted by Crippen LogP contribution is 2.48. The first-order valence-corrected chi connectivity index (χ1v) is 37.7. The SMILES string of the molecule is [C-]#[N+]c1cc2nc(-c3ccccc3)c(-c3ccccc3)nc2c2c1c(-c1cccc(-c3ccc(-n4c5ccccc5c5ccccc54)cc3)c1)nc1ccccc12.[C-]#[N+]c1cc2nc(-c3ccccc3)c(-c3ccccc3)nc2c2c1c(-c1cccc(-c3ccc4c5ccccc5c5ccccc5c4c3)c1)nc1ccccc12. The minimum absolute atomic E-state index is 0.493. The van der Waals surface area contributed by atoms with Crippen LogP contribution in [0.3, 0.4) is 0 Å². The zero-order valence-corrected chi connectivity index (χ0v) is 60.7. The van der Waals surface area contributed by atoms with Gasteiger partial charge in [0.15, 0.2) is 11.4 Å². The lowest BCUT2D eigenvalue weighted by atomic mass is 9.91. The fourth-order valence-corrected chi connectivity index (χ4v) is 16.9. The Morgan fingerprint density at radius 2 is 0.504 bits per heavy atom. The highest BCUT2D eigenvalue weighted by molar-refractivity contribution is 6.28. The van der Waals surface area contributed by atoms with Gasteiger partial charge in [0.25, 0.3) is 0 Å². The van der Waals surface area contributed by atoms with E-state index in [1.807, 2.05) is 121 Å². The molecule has 5 aromatic heterocycles. The first-order valence-electron chi connectivity index (χ1n) is 37.7. The van der Waals surface area contributed by atoms with Gasteiger partial charge in [-0.15, -0.1) is 0 Å². The summed E-state index contributed by atoms with van der Waals surface area (Å²) in [6.07, 6.45) is 0. The van der Waals surface area contributed by atoms with Crippen molar-refractivity contribution in [2.45, 2.75) is 0 Å². The molecule has 9 nitrogen and oxygen atoms in total. The van der Waals surface area contributed by atoms with Gasteiger partial charge in [0.05, 0.1) is 91.4 Å². The number of rotatable bonds is 9. The van der Waals surface area contributed by atoms with Gasteiger partial charge >= 0.3 is 0 Å². The summed E-state index contributed by atoms with van der Waals surface area (Å²) < 4.78 is 2.33. The normalized spacial score (nSPS) is 11.5. The molecule has 0 atom stereocenters. The van der Waals surface area contributed by atoms with Crippen molar-refractivity contribution in [2.75, 3.05) is 0 Å². The van der Waals surface area contributed by atoms with Crippen molar-refractivity contribution in [1.82, 2.24) is 34.5 Å². The molecule has 22 aromatic rings. The fourth-order valence-electron chi connectivity index (χ4n) is 16.9. The molecule has 0 N–H and O–H groups in total. The second kappa shape index (κ2) is 27.2. The maximum Gasteiger partial charge on any atom is 0.199 e. The molecule has 17 aromatic carbocycles. The van der Waals surface area contributed by atoms with E-state index in [4.69, 9.17) is 43.0 Å². The van der Waals surface area contributed by atoms with Crippen LogP contribution in [-0.4, -0.2) is 34.5 Å². The van der Waals surface area contributed by atoms with Crippen LogP contribution in [0.1, 0.15) is 0 Å². The molecule has 22 rings (SSSR count). The van der Waals surface area contributed by atoms with E-state index in [2.05, 4.69) is 263 Å². The van der Waals surface area contributed by atoms with Crippen LogP contribution in [0.15, 0.2) is 370 Å². The topological polar surface area (TPSA) is 91.0 Å². The van der Waals surface area contributed by atoms with Crippen molar-refractivity contribution in [3.05, 3.63) is 393 Å². The van der Waals surface area contributed by atoms with Gasteiger partial charge in [0.1, 0.15) is 0 Å². The Morgan fingerprint density at radius 1 is 0.195 bits per heavy atom. The standard InChI is InChI=1S/C52H31N5.C52H30N4/c1-53-43-32-44-52(56-51(35-17-6-3-7-18-35)50(55-44)34-15-4-2-5-16-34)47-41-23-8-11-24-42(41)54-49(48(43)47)37-20-14-19-36(31-37)33-27-29-38(30-28-33)57-45-25-12-9-21-39(45)40-22-10-13-26-46(40)57;1-53-45-31-46-52(56-51(33-17-6-3-7-18-33)50(55-46)32-15-4-2-5-16-32)47-42-25-12-13-26-44(42)54-49(48(45)47)36-20-14-19-34(29-36)35-27-28-41-39-23-9-8-21-37(39)38-22-10-11-24-40(38)43(41)30-35/h2-32H;2-31H. The van der Waals surface area contributed by atoms with Crippen molar-refractivity contribution in [3.63, 3.8) is 0 Å². The number of pyridine rings is 2. The second-order valence-corrected chi connectivity index (χ2v) is 28.4. The van der Waals surface area contributed by atoms with Gasteiger partial charge in [-0.1, -0.05) is 303 Å². The Kier molecular flexibility index (Phi) is 15.8. The van der Waals surface area contributed by atoms with E-state index in [-0.39, 0.29) is 0 Å². The number of hydrogen-bond donors (Lipinski definition) is 0. The van der Waals surface area contributed by atoms with Crippen molar-refractivity contribution in [1.29, 1.82) is 0 Å². The van der Waals surface area contributed by atoms with Crippen LogP contribution in [0.5, 0.6) is 0 Å². The molecule has 0 amide bonds. The molecule has 0 saturated heterocycles. The maximum absolute atomic E-state index is 8.49. The monoisotopic (exact) mass is 1440 g/mol. The molecule has 0 saturated carbocycles. The Bertz CT molecular complexity index is 7650. The summed E-state index contributed by atoms with van der Waals surface area (Å²) in [5, 5.41) is 15.1. The third kappa shape index (κ3) is 11.1. The van der Waals surface area contributed by atoms with Gasteiger partial charge in [-0.2, -0.15) is 0 Å². The van der Waals surface area contributed by atoms with Gasteiger partial charge in [-0.05, 0) is 121 Å². The molecule has 0 bridgehead atoms. The lowest BCUT2D eigenvalue weighted by Gasteiger charge is -2.17. The van der Waals surface area contributed by atoms with Gasteiger partial charge in [0, 0.05) is 82.2 Å². The molecule has 113 heavy (non-hydrogen) atoms. The molecule has 9 heteroatoms. The molecular formula is C104H61N9. The largest absolute Gasteiger partial charge is 0.309 e. The number of hydrogen-bond acceptors (Lipinski definition) is 6. The van der Waals surface area contributed by atoms with Crippen LogP contribution in [0, 0.1) is 13.1 Å². The molecule has 522 valence electrons. The summed E-state index contributed by atoms with van der Waals surface area (Å²) in [4.78, 5) is 40.3. The molecule has 0 spiro atoms. The van der Waals surface area contributed by atoms with Crippen molar-refractivity contribution >= 4 is 131 Å². The third-order valence-electron chi connectivity index (χ3n) is 22.0. The average molecular weight is 1440 g/mol. The third-order valence-corrected chi connectivity index (χ3v) is 22.0. The van der Waals surface area contributed by atoms with E-state index < -0.39 is 0 Å². The van der Waals surface area contributed by atoms with Crippen LogP contribution in [0.2, 0.25) is 0 Å². The fraction of sp³-hybridized carbons (Fsp3) is 0. The zero-order valence-electron chi connectivity index (χ0n) is 60.7. The molecule has 0 aliphatic heterocycles. The van der Waals surface area contributed by atoms with E-state index in [1.54, 1.807) is 0 Å². The van der Waals surface area contributed by atoms with E-state index in [0.717, 1.165) is 150 Å². The van der Waals surface area contributed by atoms with Crippen LogP contribution in [0.4, 0.5) is 11.4 Å². The quantitative estimate of drug-likeness (QED) is 0.106. The number of benzene rings is 17. The van der Waals surface area contributed by atoms with Crippen molar-refractivity contribution < 1.29 is 0 Å². The number of para-hydroxylation sites is 4. The first kappa shape index (κ1) is 65.6. The van der Waals surface area contributed by atoms with E-state index in [0.29, 0.717) is 22.4 Å². The Labute approximate surface area is 649 Å². The highest BCUT2D eigenvalue weighted by atomic mass is 15.0. The predicted molar refractivity (Wildman–Crippen MR) is 468 cm³/mol. The lowest BCUT2D eigenvalue weighted by Crippen LogP contribution is -1.98. The summed E-state index contributed by atoms with van der Waals surface area (Å²) in [5.74, 6) is 0. The molecule has 0 aliphatic rings. The van der Waals surface area contributed by atoms with Crippen LogP contribution in [0.25, 0.3) is 225 Å². The first-order chi connectivity index (χ1) is 56.0. The second-order valence-electron chi connectivity index (χ2n) is 28.4. The molecule has 0 fully saturated rings. The molecule has 0 unspecified atom stereocenters. The Balaban J connectivity index is 0.000000142. The van der Waals surface area contributed by atoms with Crippen molar-refractivity contribution in [3.8, 4) is 95.5 Å². The smallest absolute Gasteiger partial charge is 0.199 e. The number of aromatic nitrogens is 7. The Hall–Kier alpha value is -15.7. The number of nitrogens with zero attached hydrogens (tertiary/aromatic N) is 9. The number of fused-ring (bicyclic) bond motifs is 19. The van der Waals surface area contributed by atoms with Crippen LogP contribution in [-0.2, 0) is 0 Å². The summed E-state index contributed by atoms with van der Waals surface area (Å²) in [6, 6.07) is 128. The minimum atomic E-state index is 0.493. The van der Waals surface area contributed by atoms with E-state index in [9.17, 15) is 0 Å². The van der Waals surface area contributed by atoms with Crippen molar-refractivity contribution in [2.24, 2.45) is 0 Å². The predicted octanol–water partition coefficient (Wildman–Crippen LogP) is 27.7. The highest BCUT2D eigenvalue weighted by Gasteiger charge is 2.26. The van der Waals surface area contributed by atoms with E-state index in [1.165, 1.54) is 54.1 Å². The van der Waals surface area contributed by atoms with E-state index >= 15 is 0 Å². The van der Waals surface area contributed by atoms with Crippen LogP contribution >= 0.6 is 0 Å². The Morgan fingerprint density at radius 3 is 0.929 bits per heavy atom. The van der Waals surface area contributed by atoms with Gasteiger partial charge in [0.2, 0.25) is 0 Å². The summed E-state index contributed by atoms with van der Waals surface area (Å²) in [5.41, 5.74) is 23.7. The minimum Gasteiger partial charge on any atom is -0.309 e. The average Bonchev–Trinajstić information content (AvgIpc) is 0.900. The molecule has 0 radical (unpaired) electrons. The molecule has 5 heterocycles. The lowest BCUT2D eigenvalue weighted by molar-refractivity contribution is 1.18. The molecular weight excluding hydrogens is 1380 g/mol. The summed E-state index contributed by atoms with van der Waals surface area (Å²) >= 11 is 0. The van der Waals surface area contributed by atoms with Gasteiger partial charge in [-0.25, -0.2) is 39.6 Å². The summed E-state index contributed by atoms with van der Waals surface area (Å²) in [7, 11) is 0. The van der Waals surface area contributed by atoms with Gasteiger partial charge < -0.3 is 4.57 Å².